The van der Waals surface area contributed by atoms with Gasteiger partial charge in [0.15, 0.2) is 0 Å². The SMILES string of the molecule is Cn1c(C(=O)n2cccn2)nc2ccccc21. The van der Waals surface area contributed by atoms with E-state index in [4.69, 9.17) is 0 Å². The largest absolute Gasteiger partial charge is 0.323 e. The number of carbonyl (C=O) groups excluding carboxylic acids is 1. The van der Waals surface area contributed by atoms with E-state index in [0.29, 0.717) is 5.82 Å². The van der Waals surface area contributed by atoms with Crippen LogP contribution in [0.2, 0.25) is 0 Å². The normalized spacial score (nSPS) is 10.9. The van der Waals surface area contributed by atoms with E-state index in [1.807, 2.05) is 31.3 Å². The van der Waals surface area contributed by atoms with Crippen molar-refractivity contribution in [1.29, 1.82) is 0 Å². The fourth-order valence-electron chi connectivity index (χ4n) is 1.83. The molecule has 1 aromatic carbocycles. The number of imidazole rings is 1. The van der Waals surface area contributed by atoms with Crippen LogP contribution in [0.4, 0.5) is 0 Å². The molecule has 0 radical (unpaired) electrons. The molecule has 3 rings (SSSR count). The summed E-state index contributed by atoms with van der Waals surface area (Å²) in [6, 6.07) is 9.35. The van der Waals surface area contributed by atoms with Gasteiger partial charge in [-0.2, -0.15) is 5.10 Å². The van der Waals surface area contributed by atoms with E-state index in [0.717, 1.165) is 11.0 Å². The quantitative estimate of drug-likeness (QED) is 0.631. The Kier molecular flexibility index (Phi) is 2.04. The minimum Gasteiger partial charge on any atom is -0.323 e. The molecule has 0 unspecified atom stereocenters. The number of aromatic nitrogens is 4. The summed E-state index contributed by atoms with van der Waals surface area (Å²) in [5.41, 5.74) is 1.74. The fourth-order valence-corrected chi connectivity index (χ4v) is 1.83. The van der Waals surface area contributed by atoms with Crippen molar-refractivity contribution in [2.75, 3.05) is 0 Å². The molecule has 0 aliphatic rings. The summed E-state index contributed by atoms with van der Waals surface area (Å²) in [7, 11) is 1.83. The zero-order valence-corrected chi connectivity index (χ0v) is 9.24. The van der Waals surface area contributed by atoms with E-state index < -0.39 is 0 Å². The smallest absolute Gasteiger partial charge is 0.314 e. The Hall–Kier alpha value is -2.43. The highest BCUT2D eigenvalue weighted by Gasteiger charge is 2.16. The van der Waals surface area contributed by atoms with Gasteiger partial charge >= 0.3 is 5.91 Å². The predicted octanol–water partition coefficient (Wildman–Crippen LogP) is 1.46. The van der Waals surface area contributed by atoms with Gasteiger partial charge in [-0.05, 0) is 18.2 Å². The van der Waals surface area contributed by atoms with Gasteiger partial charge in [0.25, 0.3) is 0 Å². The number of carbonyl (C=O) groups is 1. The Morgan fingerprint density at radius 2 is 2.06 bits per heavy atom. The topological polar surface area (TPSA) is 52.7 Å². The molecule has 0 amide bonds. The van der Waals surface area contributed by atoms with Gasteiger partial charge in [-0.1, -0.05) is 12.1 Å². The van der Waals surface area contributed by atoms with Crippen molar-refractivity contribution in [3.8, 4) is 0 Å². The molecule has 84 valence electrons. The average molecular weight is 226 g/mol. The van der Waals surface area contributed by atoms with Crippen LogP contribution < -0.4 is 0 Å². The molecule has 0 bridgehead atoms. The van der Waals surface area contributed by atoms with E-state index in [1.54, 1.807) is 23.0 Å². The first kappa shape index (κ1) is 9.77. The van der Waals surface area contributed by atoms with Gasteiger partial charge in [0.2, 0.25) is 5.82 Å². The number of benzene rings is 1. The second kappa shape index (κ2) is 3.55. The Labute approximate surface area is 97.3 Å². The van der Waals surface area contributed by atoms with Crippen LogP contribution in [0.5, 0.6) is 0 Å². The molecular weight excluding hydrogens is 216 g/mol. The molecule has 0 aliphatic carbocycles. The summed E-state index contributed by atoms with van der Waals surface area (Å²) < 4.78 is 3.06. The number of rotatable bonds is 1. The summed E-state index contributed by atoms with van der Waals surface area (Å²) in [6.45, 7) is 0. The third-order valence-electron chi connectivity index (χ3n) is 2.69. The maximum atomic E-state index is 12.1. The van der Waals surface area contributed by atoms with E-state index in [2.05, 4.69) is 10.1 Å². The number of hydrogen-bond acceptors (Lipinski definition) is 3. The number of para-hydroxylation sites is 2. The number of aryl methyl sites for hydroxylation is 1. The number of fused-ring (bicyclic) bond motifs is 1. The zero-order valence-electron chi connectivity index (χ0n) is 9.24. The number of hydrogen-bond donors (Lipinski definition) is 0. The highest BCUT2D eigenvalue weighted by atomic mass is 16.2. The van der Waals surface area contributed by atoms with Crippen LogP contribution >= 0.6 is 0 Å². The molecule has 5 heteroatoms. The van der Waals surface area contributed by atoms with Crippen molar-refractivity contribution >= 4 is 16.9 Å². The highest BCUT2D eigenvalue weighted by Crippen LogP contribution is 2.14. The molecule has 0 saturated carbocycles. The van der Waals surface area contributed by atoms with Crippen LogP contribution in [0.15, 0.2) is 42.7 Å². The van der Waals surface area contributed by atoms with Gasteiger partial charge in [0, 0.05) is 19.4 Å². The molecule has 2 aromatic heterocycles. The Balaban J connectivity index is 2.18. The van der Waals surface area contributed by atoms with E-state index in [9.17, 15) is 4.79 Å². The second-order valence-electron chi connectivity index (χ2n) is 3.74. The van der Waals surface area contributed by atoms with Gasteiger partial charge in [-0.15, -0.1) is 0 Å². The van der Waals surface area contributed by atoms with E-state index in [1.165, 1.54) is 4.68 Å². The maximum absolute atomic E-state index is 12.1. The Morgan fingerprint density at radius 1 is 1.24 bits per heavy atom. The Bertz CT molecular complexity index is 682. The van der Waals surface area contributed by atoms with Crippen molar-refractivity contribution in [3.05, 3.63) is 48.5 Å². The molecule has 0 fully saturated rings. The van der Waals surface area contributed by atoms with Gasteiger partial charge in [-0.25, -0.2) is 9.67 Å². The molecule has 0 spiro atoms. The summed E-state index contributed by atoms with van der Waals surface area (Å²) in [5.74, 6) is 0.156. The fraction of sp³-hybridized carbons (Fsp3) is 0.0833. The molecule has 0 saturated heterocycles. The third kappa shape index (κ3) is 1.44. The van der Waals surface area contributed by atoms with Crippen LogP contribution in [0, 0.1) is 0 Å². The first-order valence-corrected chi connectivity index (χ1v) is 5.23. The van der Waals surface area contributed by atoms with Crippen molar-refractivity contribution < 1.29 is 4.79 Å². The van der Waals surface area contributed by atoms with Crippen molar-refractivity contribution in [1.82, 2.24) is 19.3 Å². The van der Waals surface area contributed by atoms with Gasteiger partial charge < -0.3 is 4.57 Å². The van der Waals surface area contributed by atoms with E-state index >= 15 is 0 Å². The molecule has 0 aliphatic heterocycles. The third-order valence-corrected chi connectivity index (χ3v) is 2.69. The standard InChI is InChI=1S/C12H10N4O/c1-15-10-6-3-2-5-9(10)14-11(15)12(17)16-8-4-7-13-16/h2-8H,1H3. The summed E-state index contributed by atoms with van der Waals surface area (Å²) >= 11 is 0. The molecule has 3 aromatic rings. The molecule has 5 nitrogen and oxygen atoms in total. The molecule has 0 N–H and O–H groups in total. The summed E-state index contributed by atoms with van der Waals surface area (Å²) in [5, 5.41) is 3.92. The van der Waals surface area contributed by atoms with Crippen LogP contribution in [0.1, 0.15) is 10.6 Å². The van der Waals surface area contributed by atoms with Crippen molar-refractivity contribution in [2.24, 2.45) is 7.05 Å². The van der Waals surface area contributed by atoms with Crippen molar-refractivity contribution in [2.45, 2.75) is 0 Å². The first-order valence-electron chi connectivity index (χ1n) is 5.23. The molecular formula is C12H10N4O. The van der Waals surface area contributed by atoms with Crippen LogP contribution in [0.3, 0.4) is 0 Å². The lowest BCUT2D eigenvalue weighted by molar-refractivity contribution is 0.0932. The predicted molar refractivity (Wildman–Crippen MR) is 62.7 cm³/mol. The minimum atomic E-state index is -0.228. The molecule has 2 heterocycles. The van der Waals surface area contributed by atoms with Gasteiger partial charge in [0.05, 0.1) is 11.0 Å². The minimum absolute atomic E-state index is 0.228. The number of nitrogens with zero attached hydrogens (tertiary/aromatic N) is 4. The van der Waals surface area contributed by atoms with Crippen LogP contribution in [-0.4, -0.2) is 25.2 Å². The van der Waals surface area contributed by atoms with Crippen molar-refractivity contribution in [3.63, 3.8) is 0 Å². The first-order chi connectivity index (χ1) is 8.27. The summed E-state index contributed by atoms with van der Waals surface area (Å²) in [6.07, 6.45) is 3.18. The zero-order chi connectivity index (χ0) is 11.8. The lowest BCUT2D eigenvalue weighted by Gasteiger charge is -2.00. The lowest BCUT2D eigenvalue weighted by atomic mass is 10.3. The van der Waals surface area contributed by atoms with E-state index in [-0.39, 0.29) is 5.91 Å². The van der Waals surface area contributed by atoms with Crippen LogP contribution in [-0.2, 0) is 7.05 Å². The van der Waals surface area contributed by atoms with Gasteiger partial charge in [0.1, 0.15) is 0 Å². The average Bonchev–Trinajstić information content (AvgIpc) is 2.97. The lowest BCUT2D eigenvalue weighted by Crippen LogP contribution is -2.17. The Morgan fingerprint density at radius 3 is 2.76 bits per heavy atom. The van der Waals surface area contributed by atoms with Crippen LogP contribution in [0.25, 0.3) is 11.0 Å². The molecule has 17 heavy (non-hydrogen) atoms. The molecule has 0 atom stereocenters. The van der Waals surface area contributed by atoms with Gasteiger partial charge in [-0.3, -0.25) is 4.79 Å². The highest BCUT2D eigenvalue weighted by molar-refractivity contribution is 5.95. The second-order valence-corrected chi connectivity index (χ2v) is 3.74. The monoisotopic (exact) mass is 226 g/mol. The maximum Gasteiger partial charge on any atom is 0.314 e. The summed E-state index contributed by atoms with van der Waals surface area (Å²) in [4.78, 5) is 16.4.